The Morgan fingerprint density at radius 1 is 1.50 bits per heavy atom. The van der Waals surface area contributed by atoms with Crippen LogP contribution >= 0.6 is 0 Å². The molecule has 0 radical (unpaired) electrons. The van der Waals surface area contributed by atoms with Crippen molar-refractivity contribution in [3.05, 3.63) is 29.6 Å². The van der Waals surface area contributed by atoms with Crippen molar-refractivity contribution in [3.63, 3.8) is 0 Å². The number of nitriles is 1. The third-order valence-corrected chi connectivity index (χ3v) is 2.90. The fourth-order valence-electron chi connectivity index (χ4n) is 2.12. The Labute approximate surface area is 94.3 Å². The molecule has 1 aromatic carbocycles. The molecule has 1 heterocycles. The number of anilines is 1. The number of benzene rings is 1. The molecule has 1 aromatic rings. The van der Waals surface area contributed by atoms with E-state index in [1.807, 2.05) is 11.0 Å². The zero-order chi connectivity index (χ0) is 11.5. The van der Waals surface area contributed by atoms with Crippen LogP contribution in [0.3, 0.4) is 0 Å². The molecule has 1 atom stereocenters. The number of hydrogen-bond donors (Lipinski definition) is 1. The summed E-state index contributed by atoms with van der Waals surface area (Å²) in [6.45, 7) is 1.53. The third kappa shape index (κ3) is 2.00. The molecule has 0 bridgehead atoms. The first-order valence-corrected chi connectivity index (χ1v) is 5.41. The highest BCUT2D eigenvalue weighted by atomic mass is 19.1. The zero-order valence-electron chi connectivity index (χ0n) is 8.99. The van der Waals surface area contributed by atoms with Gasteiger partial charge in [-0.25, -0.2) is 4.39 Å². The Morgan fingerprint density at radius 2 is 2.31 bits per heavy atom. The van der Waals surface area contributed by atoms with Crippen molar-refractivity contribution in [2.75, 3.05) is 18.0 Å². The molecule has 84 valence electrons. The van der Waals surface area contributed by atoms with Crippen molar-refractivity contribution in [1.82, 2.24) is 0 Å². The molecule has 16 heavy (non-hydrogen) atoms. The molecular formula is C12H14FN3. The predicted octanol–water partition coefficient (Wildman–Crippen LogP) is 1.62. The first kappa shape index (κ1) is 10.9. The van der Waals surface area contributed by atoms with Crippen LogP contribution in [0.1, 0.15) is 18.4 Å². The molecular weight excluding hydrogens is 205 g/mol. The lowest BCUT2D eigenvalue weighted by Crippen LogP contribution is -2.43. The molecule has 1 aliphatic heterocycles. The lowest BCUT2D eigenvalue weighted by atomic mass is 10.0. The van der Waals surface area contributed by atoms with E-state index in [0.717, 1.165) is 19.4 Å². The Bertz CT molecular complexity index is 425. The summed E-state index contributed by atoms with van der Waals surface area (Å²) in [5, 5.41) is 8.95. The van der Waals surface area contributed by atoms with E-state index in [2.05, 4.69) is 0 Å². The van der Waals surface area contributed by atoms with Crippen molar-refractivity contribution in [3.8, 4) is 6.07 Å². The smallest absolute Gasteiger partial charge is 0.143 e. The summed E-state index contributed by atoms with van der Waals surface area (Å²) >= 11 is 0. The first-order valence-electron chi connectivity index (χ1n) is 5.41. The largest absolute Gasteiger partial charge is 0.369 e. The van der Waals surface area contributed by atoms with Crippen molar-refractivity contribution in [1.29, 1.82) is 5.26 Å². The summed E-state index contributed by atoms with van der Waals surface area (Å²) in [6, 6.07) is 6.75. The summed E-state index contributed by atoms with van der Waals surface area (Å²) in [4.78, 5) is 2.00. The van der Waals surface area contributed by atoms with Crippen LogP contribution in [-0.2, 0) is 0 Å². The monoisotopic (exact) mass is 219 g/mol. The molecule has 0 amide bonds. The van der Waals surface area contributed by atoms with E-state index in [4.69, 9.17) is 11.0 Å². The van der Waals surface area contributed by atoms with Crippen LogP contribution in [-0.4, -0.2) is 19.1 Å². The summed E-state index contributed by atoms with van der Waals surface area (Å²) in [6.07, 6.45) is 1.98. The average molecular weight is 219 g/mol. The number of nitrogens with two attached hydrogens (primary N) is 1. The van der Waals surface area contributed by atoms with Gasteiger partial charge in [0.1, 0.15) is 17.4 Å². The van der Waals surface area contributed by atoms with Gasteiger partial charge >= 0.3 is 0 Å². The summed E-state index contributed by atoms with van der Waals surface area (Å²) in [5.41, 5.74) is 6.66. The highest BCUT2D eigenvalue weighted by Gasteiger charge is 2.20. The van der Waals surface area contributed by atoms with Crippen molar-refractivity contribution < 1.29 is 4.39 Å². The van der Waals surface area contributed by atoms with Crippen LogP contribution < -0.4 is 10.6 Å². The standard InChI is InChI=1S/C12H14FN3/c13-11-4-1-5-12(10(11)7-14)16-6-2-3-9(15)8-16/h1,4-5,9H,2-3,6,8,15H2. The highest BCUT2D eigenvalue weighted by Crippen LogP contribution is 2.25. The third-order valence-electron chi connectivity index (χ3n) is 2.90. The molecule has 1 unspecified atom stereocenters. The fraction of sp³-hybridized carbons (Fsp3) is 0.417. The van der Waals surface area contributed by atoms with Crippen molar-refractivity contribution in [2.45, 2.75) is 18.9 Å². The molecule has 2 rings (SSSR count). The van der Waals surface area contributed by atoms with E-state index in [1.165, 1.54) is 6.07 Å². The van der Waals surface area contributed by atoms with Crippen LogP contribution in [0.5, 0.6) is 0 Å². The lowest BCUT2D eigenvalue weighted by molar-refractivity contribution is 0.504. The predicted molar refractivity (Wildman–Crippen MR) is 60.5 cm³/mol. The van der Waals surface area contributed by atoms with Crippen molar-refractivity contribution >= 4 is 5.69 Å². The number of halogens is 1. The molecule has 3 nitrogen and oxygen atoms in total. The van der Waals surface area contributed by atoms with Crippen molar-refractivity contribution in [2.24, 2.45) is 5.73 Å². The maximum Gasteiger partial charge on any atom is 0.143 e. The van der Waals surface area contributed by atoms with E-state index in [9.17, 15) is 4.39 Å². The fourth-order valence-corrected chi connectivity index (χ4v) is 2.12. The summed E-state index contributed by atoms with van der Waals surface area (Å²) in [7, 11) is 0. The Kier molecular flexibility index (Phi) is 3.07. The second-order valence-electron chi connectivity index (χ2n) is 4.09. The zero-order valence-corrected chi connectivity index (χ0v) is 8.99. The molecule has 1 fully saturated rings. The summed E-state index contributed by atoms with van der Waals surface area (Å²) < 4.78 is 13.4. The number of piperidine rings is 1. The van der Waals surface area contributed by atoms with Gasteiger partial charge in [0, 0.05) is 19.1 Å². The Balaban J connectivity index is 2.33. The van der Waals surface area contributed by atoms with Gasteiger partial charge in [0.25, 0.3) is 0 Å². The minimum atomic E-state index is -0.459. The van der Waals surface area contributed by atoms with Crippen LogP contribution in [0.25, 0.3) is 0 Å². The van der Waals surface area contributed by atoms with E-state index in [-0.39, 0.29) is 11.6 Å². The molecule has 0 spiro atoms. The van der Waals surface area contributed by atoms with Gasteiger partial charge in [-0.15, -0.1) is 0 Å². The van der Waals surface area contributed by atoms with Gasteiger partial charge in [-0.3, -0.25) is 0 Å². The number of rotatable bonds is 1. The van der Waals surface area contributed by atoms with Crippen LogP contribution in [0.4, 0.5) is 10.1 Å². The SMILES string of the molecule is N#Cc1c(F)cccc1N1CCCC(N)C1. The normalized spacial score (nSPS) is 20.6. The van der Waals surface area contributed by atoms with E-state index < -0.39 is 5.82 Å². The van der Waals surface area contributed by atoms with Gasteiger partial charge < -0.3 is 10.6 Å². The molecule has 2 N–H and O–H groups in total. The Hall–Kier alpha value is -1.60. The van der Waals surface area contributed by atoms with Gasteiger partial charge in [-0.05, 0) is 25.0 Å². The first-order chi connectivity index (χ1) is 7.72. The van der Waals surface area contributed by atoms with E-state index >= 15 is 0 Å². The average Bonchev–Trinajstić information content (AvgIpc) is 2.28. The highest BCUT2D eigenvalue weighted by molar-refractivity contribution is 5.60. The molecule has 0 saturated carbocycles. The van der Waals surface area contributed by atoms with Crippen LogP contribution in [0.15, 0.2) is 18.2 Å². The second kappa shape index (κ2) is 4.50. The minimum Gasteiger partial charge on any atom is -0.369 e. The molecule has 0 aromatic heterocycles. The van der Waals surface area contributed by atoms with Crippen LogP contribution in [0.2, 0.25) is 0 Å². The molecule has 4 heteroatoms. The Morgan fingerprint density at radius 3 is 3.00 bits per heavy atom. The number of nitrogens with zero attached hydrogens (tertiary/aromatic N) is 2. The molecule has 0 aliphatic carbocycles. The van der Waals surface area contributed by atoms with Gasteiger partial charge in [0.2, 0.25) is 0 Å². The second-order valence-corrected chi connectivity index (χ2v) is 4.09. The maximum atomic E-state index is 13.4. The van der Waals surface area contributed by atoms with Gasteiger partial charge in [-0.1, -0.05) is 6.07 Å². The topological polar surface area (TPSA) is 53.0 Å². The summed E-state index contributed by atoms with van der Waals surface area (Å²) in [5.74, 6) is -0.459. The molecule has 1 saturated heterocycles. The molecule has 1 aliphatic rings. The maximum absolute atomic E-state index is 13.4. The van der Waals surface area contributed by atoms with Gasteiger partial charge in [-0.2, -0.15) is 5.26 Å². The van der Waals surface area contributed by atoms with Crippen LogP contribution in [0, 0.1) is 17.1 Å². The van der Waals surface area contributed by atoms with Gasteiger partial charge in [0.15, 0.2) is 0 Å². The minimum absolute atomic E-state index is 0.114. The number of hydrogen-bond acceptors (Lipinski definition) is 3. The quantitative estimate of drug-likeness (QED) is 0.781. The van der Waals surface area contributed by atoms with Gasteiger partial charge in [0.05, 0.1) is 5.69 Å². The van der Waals surface area contributed by atoms with E-state index in [1.54, 1.807) is 12.1 Å². The lowest BCUT2D eigenvalue weighted by Gasteiger charge is -2.33. The van der Waals surface area contributed by atoms with E-state index in [0.29, 0.717) is 12.2 Å².